The van der Waals surface area contributed by atoms with E-state index in [4.69, 9.17) is 32.7 Å². The number of carbonyl (C=O) groups is 2. The monoisotopic (exact) mass is 571 g/mol. The SMILES string of the molecule is CC(C)(C)OC(=O)N(C[C@H](O)c1ccc(Cl)cc1)[C@H]1CCc2ccc(Oc3ccc(Cl)c(C(=O)O)c3)cc2C1. The average molecular weight is 572 g/mol. The molecule has 7 nitrogen and oxygen atoms in total. The first-order valence-electron chi connectivity index (χ1n) is 12.7. The number of benzene rings is 3. The van der Waals surface area contributed by atoms with Gasteiger partial charge in [0.05, 0.1) is 23.2 Å². The van der Waals surface area contributed by atoms with Crippen molar-refractivity contribution in [2.75, 3.05) is 6.54 Å². The molecule has 2 atom stereocenters. The van der Waals surface area contributed by atoms with Gasteiger partial charge in [0.1, 0.15) is 17.1 Å². The smallest absolute Gasteiger partial charge is 0.410 e. The van der Waals surface area contributed by atoms with Gasteiger partial charge in [0.15, 0.2) is 0 Å². The average Bonchev–Trinajstić information content (AvgIpc) is 2.87. The zero-order valence-corrected chi connectivity index (χ0v) is 23.5. The summed E-state index contributed by atoms with van der Waals surface area (Å²) in [7, 11) is 0. The topological polar surface area (TPSA) is 96.3 Å². The Balaban J connectivity index is 1.56. The van der Waals surface area contributed by atoms with E-state index < -0.39 is 23.8 Å². The maximum absolute atomic E-state index is 13.3. The van der Waals surface area contributed by atoms with Gasteiger partial charge in [0, 0.05) is 11.1 Å². The zero-order valence-electron chi connectivity index (χ0n) is 22.0. The van der Waals surface area contributed by atoms with Gasteiger partial charge in [0.25, 0.3) is 0 Å². The summed E-state index contributed by atoms with van der Waals surface area (Å²) in [5.74, 6) is -0.245. The largest absolute Gasteiger partial charge is 0.478 e. The van der Waals surface area contributed by atoms with Gasteiger partial charge in [-0.25, -0.2) is 9.59 Å². The highest BCUT2D eigenvalue weighted by Gasteiger charge is 2.33. The van der Waals surface area contributed by atoms with Gasteiger partial charge in [-0.3, -0.25) is 0 Å². The molecule has 2 N–H and O–H groups in total. The lowest BCUT2D eigenvalue weighted by Crippen LogP contribution is -2.47. The molecule has 9 heteroatoms. The summed E-state index contributed by atoms with van der Waals surface area (Å²) in [6.45, 7) is 5.50. The summed E-state index contributed by atoms with van der Waals surface area (Å²) in [6.07, 6.45) is 0.581. The highest BCUT2D eigenvalue weighted by atomic mass is 35.5. The number of rotatable bonds is 7. The van der Waals surface area contributed by atoms with Crippen molar-refractivity contribution >= 4 is 35.3 Å². The van der Waals surface area contributed by atoms with Crippen molar-refractivity contribution in [1.82, 2.24) is 4.90 Å². The second kappa shape index (κ2) is 11.9. The van der Waals surface area contributed by atoms with E-state index in [1.165, 1.54) is 12.1 Å². The minimum absolute atomic E-state index is 0.0422. The molecule has 1 aliphatic carbocycles. The quantitative estimate of drug-likeness (QED) is 0.308. The first-order valence-corrected chi connectivity index (χ1v) is 13.4. The Morgan fingerprint density at radius 2 is 1.67 bits per heavy atom. The van der Waals surface area contributed by atoms with Gasteiger partial charge >= 0.3 is 12.1 Å². The van der Waals surface area contributed by atoms with Crippen LogP contribution in [0.3, 0.4) is 0 Å². The Bertz CT molecular complexity index is 1350. The summed E-state index contributed by atoms with van der Waals surface area (Å²) in [6, 6.07) is 16.9. The van der Waals surface area contributed by atoms with Crippen molar-refractivity contribution in [3.05, 3.63) is 93.0 Å². The number of carboxylic acid groups (broad SMARTS) is 1. The lowest BCUT2D eigenvalue weighted by atomic mass is 9.87. The number of aryl methyl sites for hydroxylation is 1. The second-order valence-electron chi connectivity index (χ2n) is 10.6. The number of halogens is 2. The lowest BCUT2D eigenvalue weighted by molar-refractivity contribution is 0.00194. The molecular formula is C30H31Cl2NO6. The fourth-order valence-corrected chi connectivity index (χ4v) is 4.91. The standard InChI is InChI=1S/C30H31Cl2NO6/c1-30(2,3)39-29(37)33(17-27(34)19-4-8-21(31)9-5-19)22-10-6-18-7-11-23(15-20(18)14-22)38-24-12-13-26(32)25(16-24)28(35)36/h4-5,7-9,11-13,15-16,22,27,34H,6,10,14,17H2,1-3H3,(H,35,36)/t22-,27-/m0/s1. The van der Waals surface area contributed by atoms with Gasteiger partial charge in [-0.1, -0.05) is 41.4 Å². The van der Waals surface area contributed by atoms with Crippen LogP contribution >= 0.6 is 23.2 Å². The number of ether oxygens (including phenoxy) is 2. The van der Waals surface area contributed by atoms with Crippen molar-refractivity contribution in [3.8, 4) is 11.5 Å². The van der Waals surface area contributed by atoms with Crippen LogP contribution in [0.15, 0.2) is 60.7 Å². The Hall–Kier alpha value is -3.26. The molecule has 1 amide bonds. The number of carbonyl (C=O) groups excluding carboxylic acids is 1. The van der Waals surface area contributed by atoms with Crippen LogP contribution in [0.5, 0.6) is 11.5 Å². The Labute approximate surface area is 237 Å². The first kappa shape index (κ1) is 28.7. The van der Waals surface area contributed by atoms with Gasteiger partial charge in [-0.05, 0) is 99.2 Å². The Morgan fingerprint density at radius 1 is 1.00 bits per heavy atom. The molecule has 0 fully saturated rings. The fraction of sp³-hybridized carbons (Fsp3) is 0.333. The molecule has 4 rings (SSSR count). The fourth-order valence-electron chi connectivity index (χ4n) is 4.58. The summed E-state index contributed by atoms with van der Waals surface area (Å²) >= 11 is 12.0. The molecule has 0 heterocycles. The molecule has 39 heavy (non-hydrogen) atoms. The number of amides is 1. The van der Waals surface area contributed by atoms with E-state index in [0.717, 1.165) is 17.5 Å². The third-order valence-electron chi connectivity index (χ3n) is 6.48. The molecule has 0 radical (unpaired) electrons. The Morgan fingerprint density at radius 3 is 2.33 bits per heavy atom. The summed E-state index contributed by atoms with van der Waals surface area (Å²) in [5.41, 5.74) is 2.07. The van der Waals surface area contributed by atoms with E-state index >= 15 is 0 Å². The molecular weight excluding hydrogens is 541 g/mol. The predicted octanol–water partition coefficient (Wildman–Crippen LogP) is 7.31. The molecule has 0 saturated heterocycles. The Kier molecular flexibility index (Phi) is 8.74. The minimum Gasteiger partial charge on any atom is -0.478 e. The number of nitrogens with zero attached hydrogens (tertiary/aromatic N) is 1. The third kappa shape index (κ3) is 7.44. The normalized spacial score (nSPS) is 15.7. The molecule has 0 aliphatic heterocycles. The minimum atomic E-state index is -1.14. The molecule has 0 aromatic heterocycles. The summed E-state index contributed by atoms with van der Waals surface area (Å²) in [5, 5.41) is 21.0. The molecule has 0 saturated carbocycles. The van der Waals surface area contributed by atoms with Crippen LogP contribution in [0.4, 0.5) is 4.79 Å². The van der Waals surface area contributed by atoms with Crippen LogP contribution < -0.4 is 4.74 Å². The van der Waals surface area contributed by atoms with E-state index in [0.29, 0.717) is 34.9 Å². The second-order valence-corrected chi connectivity index (χ2v) is 11.4. The molecule has 206 valence electrons. The number of aromatic carboxylic acids is 1. The number of hydrogen-bond acceptors (Lipinski definition) is 5. The number of carboxylic acids is 1. The van der Waals surface area contributed by atoms with Gasteiger partial charge in [0.2, 0.25) is 0 Å². The zero-order chi connectivity index (χ0) is 28.3. The molecule has 0 unspecified atom stereocenters. The molecule has 1 aliphatic rings. The summed E-state index contributed by atoms with van der Waals surface area (Å²) < 4.78 is 11.7. The van der Waals surface area contributed by atoms with Crippen LogP contribution in [0, 0.1) is 0 Å². The van der Waals surface area contributed by atoms with E-state index in [-0.39, 0.29) is 23.2 Å². The first-order chi connectivity index (χ1) is 18.4. The lowest BCUT2D eigenvalue weighted by Gasteiger charge is -2.37. The van der Waals surface area contributed by atoms with Crippen LogP contribution in [-0.4, -0.2) is 45.4 Å². The van der Waals surface area contributed by atoms with Crippen LogP contribution in [0.2, 0.25) is 10.0 Å². The summed E-state index contributed by atoms with van der Waals surface area (Å²) in [4.78, 5) is 26.3. The molecule has 0 spiro atoms. The third-order valence-corrected chi connectivity index (χ3v) is 7.06. The highest BCUT2D eigenvalue weighted by Crippen LogP contribution is 2.33. The maximum Gasteiger partial charge on any atom is 0.410 e. The van der Waals surface area contributed by atoms with E-state index in [1.54, 1.807) is 35.2 Å². The van der Waals surface area contributed by atoms with Crippen LogP contribution in [-0.2, 0) is 17.6 Å². The van der Waals surface area contributed by atoms with Crippen molar-refractivity contribution in [2.45, 2.75) is 57.8 Å². The van der Waals surface area contributed by atoms with Crippen molar-refractivity contribution in [1.29, 1.82) is 0 Å². The predicted molar refractivity (Wildman–Crippen MR) is 150 cm³/mol. The highest BCUT2D eigenvalue weighted by molar-refractivity contribution is 6.33. The van der Waals surface area contributed by atoms with Crippen LogP contribution in [0.1, 0.15) is 60.3 Å². The van der Waals surface area contributed by atoms with E-state index in [1.807, 2.05) is 39.0 Å². The van der Waals surface area contributed by atoms with Crippen LogP contribution in [0.25, 0.3) is 0 Å². The molecule has 3 aromatic carbocycles. The molecule has 3 aromatic rings. The van der Waals surface area contributed by atoms with Gasteiger partial charge < -0.3 is 24.6 Å². The van der Waals surface area contributed by atoms with Crippen molar-refractivity contribution < 1.29 is 29.3 Å². The van der Waals surface area contributed by atoms with E-state index in [2.05, 4.69) is 0 Å². The van der Waals surface area contributed by atoms with Crippen molar-refractivity contribution in [3.63, 3.8) is 0 Å². The van der Waals surface area contributed by atoms with Crippen molar-refractivity contribution in [2.24, 2.45) is 0 Å². The van der Waals surface area contributed by atoms with Gasteiger partial charge in [-0.2, -0.15) is 0 Å². The number of aliphatic hydroxyl groups excluding tert-OH is 1. The number of aliphatic hydroxyl groups is 1. The maximum atomic E-state index is 13.3. The molecule has 0 bridgehead atoms. The number of fused-ring (bicyclic) bond motifs is 1. The number of hydrogen-bond donors (Lipinski definition) is 2. The van der Waals surface area contributed by atoms with E-state index in [9.17, 15) is 19.8 Å². The van der Waals surface area contributed by atoms with Gasteiger partial charge in [-0.15, -0.1) is 0 Å².